The van der Waals surface area contributed by atoms with Crippen LogP contribution in [-0.4, -0.2) is 11.2 Å². The number of unbranched alkanes of at least 4 members (excludes halogenated alkanes) is 1. The van der Waals surface area contributed by atoms with E-state index in [1.807, 2.05) is 24.3 Å². The van der Waals surface area contributed by atoms with Crippen LogP contribution >= 0.6 is 30.4 Å². The van der Waals surface area contributed by atoms with Gasteiger partial charge in [-0.1, -0.05) is 49.7 Å². The van der Waals surface area contributed by atoms with Crippen LogP contribution in [0.4, 0.5) is 0 Å². The highest BCUT2D eigenvalue weighted by molar-refractivity contribution is 14.2. The normalized spacial score (nSPS) is 11.9. The molecular formula is C31H26INO4S. The zero-order valence-electron chi connectivity index (χ0n) is 21.0. The Morgan fingerprint density at radius 1 is 0.789 bits per heavy atom. The van der Waals surface area contributed by atoms with Gasteiger partial charge in [0.25, 0.3) is 11.1 Å². The topological polar surface area (TPSA) is 61.4 Å². The average Bonchev–Trinajstić information content (AvgIpc) is 2.95. The standard InChI is InChI=1S/C31H26INO4S/c1-2-3-5-19-6-8-20(9-7-19)21-10-14-26-25(18-21)22-11-12-23-28-24(13-15-27(37-26)29(22)28)31(35)33(30(23)34)16-4-17-36-38-32/h6-15,18H,2-5,16-17H2,1H3. The first kappa shape index (κ1) is 25.4. The maximum atomic E-state index is 13.4. The van der Waals surface area contributed by atoms with Crippen LogP contribution in [0.1, 0.15) is 31.7 Å². The van der Waals surface area contributed by atoms with Gasteiger partial charge in [0.1, 0.15) is 11.2 Å². The maximum absolute atomic E-state index is 13.4. The van der Waals surface area contributed by atoms with E-state index in [0.29, 0.717) is 41.3 Å². The molecular weight excluding hydrogens is 609 g/mol. The third kappa shape index (κ3) is 4.40. The monoisotopic (exact) mass is 635 g/mol. The summed E-state index contributed by atoms with van der Waals surface area (Å²) >= 11 is 2.05. The van der Waals surface area contributed by atoms with E-state index in [1.54, 1.807) is 6.07 Å². The summed E-state index contributed by atoms with van der Waals surface area (Å²) in [6, 6.07) is 22.5. The Bertz CT molecular complexity index is 1860. The van der Waals surface area contributed by atoms with Crippen molar-refractivity contribution in [3.8, 4) is 11.1 Å². The van der Waals surface area contributed by atoms with Crippen molar-refractivity contribution < 1.29 is 8.60 Å². The highest BCUT2D eigenvalue weighted by atomic mass is 127. The molecule has 0 aliphatic heterocycles. The van der Waals surface area contributed by atoms with Gasteiger partial charge in [-0.05, 0) is 71.7 Å². The molecule has 0 spiro atoms. The van der Waals surface area contributed by atoms with E-state index in [2.05, 4.69) is 64.5 Å². The number of rotatable bonds is 9. The summed E-state index contributed by atoms with van der Waals surface area (Å²) in [5.41, 5.74) is 4.50. The molecule has 4 aromatic carbocycles. The van der Waals surface area contributed by atoms with Crippen LogP contribution in [0.15, 0.2) is 80.7 Å². The molecule has 0 radical (unpaired) electrons. The summed E-state index contributed by atoms with van der Waals surface area (Å²) in [5, 5.41) is 4.52. The van der Waals surface area contributed by atoms with E-state index in [1.165, 1.54) is 32.2 Å². The molecule has 0 bridgehead atoms. The Hall–Kier alpha value is -2.88. The molecule has 6 rings (SSSR count). The summed E-state index contributed by atoms with van der Waals surface area (Å²) in [6.45, 7) is 3.00. The first-order valence-corrected chi connectivity index (χ1v) is 16.2. The van der Waals surface area contributed by atoms with Gasteiger partial charge in [0.15, 0.2) is 0 Å². The SMILES string of the molecule is CCCCc1ccc(-c2ccc3oc4ccc5c(=O)n(CCCOSI)c(=O)c6ccc(c3c2)c4c56)cc1. The Labute approximate surface area is 235 Å². The summed E-state index contributed by atoms with van der Waals surface area (Å²) < 4.78 is 13.0. The fourth-order valence-electron chi connectivity index (χ4n) is 5.40. The van der Waals surface area contributed by atoms with E-state index >= 15 is 0 Å². The second kappa shape index (κ2) is 10.7. The molecule has 5 nitrogen and oxygen atoms in total. The third-order valence-corrected chi connectivity index (χ3v) is 8.34. The van der Waals surface area contributed by atoms with E-state index in [-0.39, 0.29) is 11.1 Å². The van der Waals surface area contributed by atoms with E-state index in [4.69, 9.17) is 8.60 Å². The lowest BCUT2D eigenvalue weighted by Crippen LogP contribution is -2.33. The van der Waals surface area contributed by atoms with Gasteiger partial charge in [0.05, 0.1) is 15.8 Å². The molecule has 0 unspecified atom stereocenters. The Morgan fingerprint density at radius 3 is 2.21 bits per heavy atom. The molecule has 0 amide bonds. The predicted molar refractivity (Wildman–Crippen MR) is 167 cm³/mol. The molecule has 38 heavy (non-hydrogen) atoms. The van der Waals surface area contributed by atoms with Crippen molar-refractivity contribution in [1.29, 1.82) is 0 Å². The molecule has 6 aromatic rings. The van der Waals surface area contributed by atoms with Gasteiger partial charge in [-0.2, -0.15) is 0 Å². The summed E-state index contributed by atoms with van der Waals surface area (Å²) in [5.74, 6) is 0. The fraction of sp³-hybridized carbons (Fsp3) is 0.226. The fourth-order valence-corrected chi connectivity index (χ4v) is 6.12. The Kier molecular flexibility index (Phi) is 7.16. The number of halogens is 1. The predicted octanol–water partition coefficient (Wildman–Crippen LogP) is 8.27. The number of aromatic nitrogens is 1. The number of fused-ring (bicyclic) bond motifs is 2. The Balaban J connectivity index is 1.52. The van der Waals surface area contributed by atoms with Crippen molar-refractivity contribution in [2.24, 2.45) is 0 Å². The zero-order valence-corrected chi connectivity index (χ0v) is 23.9. The number of nitrogens with zero attached hydrogens (tertiary/aromatic N) is 1. The van der Waals surface area contributed by atoms with Gasteiger partial charge in [0.2, 0.25) is 0 Å². The van der Waals surface area contributed by atoms with Crippen molar-refractivity contribution in [3.63, 3.8) is 0 Å². The first-order valence-electron chi connectivity index (χ1n) is 12.9. The van der Waals surface area contributed by atoms with Gasteiger partial charge >= 0.3 is 0 Å². The van der Waals surface area contributed by atoms with Gasteiger partial charge in [-0.15, -0.1) is 0 Å². The van der Waals surface area contributed by atoms with Gasteiger partial charge in [0, 0.05) is 54.7 Å². The van der Waals surface area contributed by atoms with E-state index in [9.17, 15) is 9.59 Å². The zero-order chi connectivity index (χ0) is 26.2. The lowest BCUT2D eigenvalue weighted by atomic mass is 9.95. The van der Waals surface area contributed by atoms with E-state index in [0.717, 1.165) is 39.3 Å². The van der Waals surface area contributed by atoms with Crippen molar-refractivity contribution in [2.75, 3.05) is 6.61 Å². The van der Waals surface area contributed by atoms with Crippen molar-refractivity contribution in [2.45, 2.75) is 39.2 Å². The number of aryl methyl sites for hydroxylation is 1. The number of pyridine rings is 1. The average molecular weight is 636 g/mol. The van der Waals surface area contributed by atoms with Gasteiger partial charge in [-0.3, -0.25) is 14.2 Å². The molecule has 0 saturated carbocycles. The molecule has 0 fully saturated rings. The molecule has 2 aromatic heterocycles. The quantitative estimate of drug-likeness (QED) is 0.0527. The largest absolute Gasteiger partial charge is 0.456 e. The minimum absolute atomic E-state index is 0.268. The Morgan fingerprint density at radius 2 is 1.47 bits per heavy atom. The van der Waals surface area contributed by atoms with Gasteiger partial charge in [-0.25, -0.2) is 0 Å². The number of hydrogen-bond acceptors (Lipinski definition) is 5. The maximum Gasteiger partial charge on any atom is 0.261 e. The molecule has 0 N–H and O–H groups in total. The summed E-state index contributed by atoms with van der Waals surface area (Å²) in [4.78, 5) is 26.8. The van der Waals surface area contributed by atoms with Crippen LogP contribution in [0, 0.1) is 0 Å². The van der Waals surface area contributed by atoms with Crippen molar-refractivity contribution in [1.82, 2.24) is 4.57 Å². The van der Waals surface area contributed by atoms with Crippen molar-refractivity contribution >= 4 is 73.9 Å². The molecule has 0 saturated heterocycles. The molecule has 0 atom stereocenters. The molecule has 2 heterocycles. The lowest BCUT2D eigenvalue weighted by molar-refractivity contribution is 0.355. The highest BCUT2D eigenvalue weighted by Gasteiger charge is 2.19. The minimum Gasteiger partial charge on any atom is -0.456 e. The van der Waals surface area contributed by atoms with Gasteiger partial charge < -0.3 is 8.60 Å². The van der Waals surface area contributed by atoms with E-state index < -0.39 is 0 Å². The smallest absolute Gasteiger partial charge is 0.261 e. The molecule has 0 aliphatic carbocycles. The van der Waals surface area contributed by atoms with Crippen LogP contribution in [0.2, 0.25) is 0 Å². The number of hydrogen-bond donors (Lipinski definition) is 0. The highest BCUT2D eigenvalue weighted by Crippen LogP contribution is 2.38. The second-order valence-corrected chi connectivity index (χ2v) is 11.1. The van der Waals surface area contributed by atoms with Crippen LogP contribution in [0.25, 0.3) is 54.6 Å². The van der Waals surface area contributed by atoms with Crippen LogP contribution < -0.4 is 11.1 Å². The van der Waals surface area contributed by atoms with Crippen molar-refractivity contribution in [3.05, 3.63) is 93.0 Å². The molecule has 7 heteroatoms. The molecule has 0 aliphatic rings. The third-order valence-electron chi connectivity index (χ3n) is 7.32. The van der Waals surface area contributed by atoms with Crippen LogP contribution in [0.5, 0.6) is 0 Å². The number of benzene rings is 4. The lowest BCUT2D eigenvalue weighted by Gasteiger charge is -2.14. The van der Waals surface area contributed by atoms with Crippen LogP contribution in [0.3, 0.4) is 0 Å². The molecule has 192 valence electrons. The second-order valence-electron chi connectivity index (χ2n) is 9.64. The van der Waals surface area contributed by atoms with Crippen LogP contribution in [-0.2, 0) is 17.1 Å². The minimum atomic E-state index is -0.268. The summed E-state index contributed by atoms with van der Waals surface area (Å²) in [7, 11) is 1.25. The first-order chi connectivity index (χ1) is 18.6. The summed E-state index contributed by atoms with van der Waals surface area (Å²) in [6.07, 6.45) is 4.06.